The van der Waals surface area contributed by atoms with Crippen LogP contribution < -0.4 is 22.5 Å². The Balaban J connectivity index is 2.13. The van der Waals surface area contributed by atoms with Crippen molar-refractivity contribution in [3.05, 3.63) is 34.5 Å². The lowest BCUT2D eigenvalue weighted by Crippen LogP contribution is -2.05. The summed E-state index contributed by atoms with van der Waals surface area (Å²) < 4.78 is 0. The molecule has 7 N–H and O–H groups in total. The second kappa shape index (κ2) is 8.78. The van der Waals surface area contributed by atoms with Crippen molar-refractivity contribution < 1.29 is 4.92 Å². The van der Waals surface area contributed by atoms with Crippen LogP contribution in [0.25, 0.3) is 11.1 Å². The Morgan fingerprint density at radius 1 is 1.16 bits per heavy atom. The van der Waals surface area contributed by atoms with Gasteiger partial charge in [-0.05, 0) is 31.0 Å². The summed E-state index contributed by atoms with van der Waals surface area (Å²) in [7, 11) is 0. The van der Waals surface area contributed by atoms with Gasteiger partial charge in [0.25, 0.3) is 5.69 Å². The van der Waals surface area contributed by atoms with E-state index in [1.165, 1.54) is 12.3 Å². The number of nitro groups is 1. The van der Waals surface area contributed by atoms with Crippen molar-refractivity contribution in [3.8, 4) is 11.1 Å². The maximum absolute atomic E-state index is 11.4. The second-order valence-electron chi connectivity index (χ2n) is 5.65. The lowest BCUT2D eigenvalue weighted by Gasteiger charge is -2.10. The Labute approximate surface area is 145 Å². The van der Waals surface area contributed by atoms with Crippen LogP contribution in [-0.4, -0.2) is 28.0 Å². The molecule has 134 valence electrons. The lowest BCUT2D eigenvalue weighted by atomic mass is 10.1. The molecule has 0 aliphatic carbocycles. The van der Waals surface area contributed by atoms with Crippen LogP contribution in [-0.2, 0) is 0 Å². The summed E-state index contributed by atoms with van der Waals surface area (Å²) in [4.78, 5) is 18.7. The van der Waals surface area contributed by atoms with Gasteiger partial charge in [0.2, 0.25) is 5.95 Å². The number of hydrogen-bond acceptors (Lipinski definition) is 8. The van der Waals surface area contributed by atoms with Gasteiger partial charge in [0, 0.05) is 24.4 Å². The lowest BCUT2D eigenvalue weighted by molar-refractivity contribution is -0.383. The maximum atomic E-state index is 11.4. The minimum Gasteiger partial charge on any atom is -0.383 e. The summed E-state index contributed by atoms with van der Waals surface area (Å²) in [6.45, 7) is 1.36. The molecule has 0 saturated heterocycles. The minimum absolute atomic E-state index is 0.0179. The third kappa shape index (κ3) is 5.01. The topological polar surface area (TPSA) is 159 Å². The molecule has 2 rings (SSSR count). The number of benzene rings is 1. The van der Waals surface area contributed by atoms with E-state index in [9.17, 15) is 10.1 Å². The first-order valence-electron chi connectivity index (χ1n) is 8.13. The van der Waals surface area contributed by atoms with Gasteiger partial charge >= 0.3 is 0 Å². The standard InChI is InChI=1S/C16H23N7O2/c17-7-3-1-2-4-8-20-13-6-5-11(9-14(13)23(24)25)12-10-21-16(19)22-15(12)18/h5-6,9-10,20H,1-4,7-8,17H2,(H4,18,19,21,22). The average molecular weight is 345 g/mol. The summed E-state index contributed by atoms with van der Waals surface area (Å²) in [5.41, 5.74) is 18.3. The molecule has 1 aromatic carbocycles. The number of anilines is 3. The summed E-state index contributed by atoms with van der Waals surface area (Å²) >= 11 is 0. The highest BCUT2D eigenvalue weighted by Gasteiger charge is 2.16. The number of rotatable bonds is 9. The summed E-state index contributed by atoms with van der Waals surface area (Å²) in [6, 6.07) is 4.88. The Bertz CT molecular complexity index is 736. The first kappa shape index (κ1) is 18.4. The van der Waals surface area contributed by atoms with Gasteiger partial charge in [-0.2, -0.15) is 4.98 Å². The molecule has 0 aliphatic heterocycles. The number of hydrogen-bond donors (Lipinski definition) is 4. The van der Waals surface area contributed by atoms with E-state index >= 15 is 0 Å². The molecule has 0 fully saturated rings. The molecule has 0 bridgehead atoms. The van der Waals surface area contributed by atoms with Gasteiger partial charge in [-0.1, -0.05) is 18.9 Å². The zero-order valence-corrected chi connectivity index (χ0v) is 13.9. The Morgan fingerprint density at radius 3 is 2.60 bits per heavy atom. The van der Waals surface area contributed by atoms with Crippen LogP contribution >= 0.6 is 0 Å². The molecule has 0 amide bonds. The van der Waals surface area contributed by atoms with E-state index < -0.39 is 4.92 Å². The van der Waals surface area contributed by atoms with Gasteiger partial charge < -0.3 is 22.5 Å². The zero-order valence-electron chi connectivity index (χ0n) is 13.9. The molecule has 0 unspecified atom stereocenters. The van der Waals surface area contributed by atoms with E-state index in [2.05, 4.69) is 15.3 Å². The van der Waals surface area contributed by atoms with E-state index in [1.807, 2.05) is 0 Å². The fraction of sp³-hybridized carbons (Fsp3) is 0.375. The van der Waals surface area contributed by atoms with Gasteiger partial charge in [-0.25, -0.2) is 4.98 Å². The number of aromatic nitrogens is 2. The molecule has 2 aromatic rings. The fourth-order valence-corrected chi connectivity index (χ4v) is 2.48. The number of nitro benzene ring substituents is 1. The fourth-order valence-electron chi connectivity index (χ4n) is 2.48. The highest BCUT2D eigenvalue weighted by molar-refractivity contribution is 5.78. The van der Waals surface area contributed by atoms with Gasteiger partial charge in [-0.3, -0.25) is 10.1 Å². The molecule has 1 heterocycles. The summed E-state index contributed by atoms with van der Waals surface area (Å²) in [6.07, 6.45) is 5.49. The molecule has 0 spiro atoms. The zero-order chi connectivity index (χ0) is 18.2. The summed E-state index contributed by atoms with van der Waals surface area (Å²) in [5, 5.41) is 14.5. The Morgan fingerprint density at radius 2 is 1.92 bits per heavy atom. The van der Waals surface area contributed by atoms with Crippen molar-refractivity contribution in [1.29, 1.82) is 0 Å². The number of nitrogens with one attached hydrogen (secondary N) is 1. The van der Waals surface area contributed by atoms with Crippen LogP contribution in [0.15, 0.2) is 24.4 Å². The van der Waals surface area contributed by atoms with Gasteiger partial charge in [-0.15, -0.1) is 0 Å². The molecule has 0 saturated carbocycles. The van der Waals surface area contributed by atoms with E-state index in [-0.39, 0.29) is 17.5 Å². The van der Waals surface area contributed by atoms with Crippen LogP contribution in [0, 0.1) is 10.1 Å². The smallest absolute Gasteiger partial charge is 0.292 e. The predicted molar refractivity (Wildman–Crippen MR) is 99.0 cm³/mol. The van der Waals surface area contributed by atoms with Crippen LogP contribution in [0.1, 0.15) is 25.7 Å². The Hall–Kier alpha value is -2.94. The summed E-state index contributed by atoms with van der Waals surface area (Å²) in [5.74, 6) is 0.242. The molecule has 0 atom stereocenters. The van der Waals surface area contributed by atoms with Gasteiger partial charge in [0.05, 0.1) is 4.92 Å². The quantitative estimate of drug-likeness (QED) is 0.305. The first-order chi connectivity index (χ1) is 12.0. The number of nitrogens with two attached hydrogens (primary N) is 3. The van der Waals surface area contributed by atoms with E-state index in [1.54, 1.807) is 12.1 Å². The van der Waals surface area contributed by atoms with Crippen LogP contribution in [0.3, 0.4) is 0 Å². The highest BCUT2D eigenvalue weighted by atomic mass is 16.6. The van der Waals surface area contributed by atoms with Gasteiger partial charge in [0.1, 0.15) is 11.5 Å². The van der Waals surface area contributed by atoms with Crippen LogP contribution in [0.2, 0.25) is 0 Å². The first-order valence-corrected chi connectivity index (χ1v) is 8.13. The van der Waals surface area contributed by atoms with Crippen LogP contribution in [0.5, 0.6) is 0 Å². The largest absolute Gasteiger partial charge is 0.383 e. The average Bonchev–Trinajstić information content (AvgIpc) is 2.58. The number of unbranched alkanes of at least 4 members (excludes halogenated alkanes) is 3. The Kier molecular flexibility index (Phi) is 6.47. The maximum Gasteiger partial charge on any atom is 0.292 e. The normalized spacial score (nSPS) is 10.6. The monoisotopic (exact) mass is 345 g/mol. The number of nitrogens with zero attached hydrogens (tertiary/aromatic N) is 3. The van der Waals surface area contributed by atoms with E-state index in [0.29, 0.717) is 29.9 Å². The molecule has 0 radical (unpaired) electrons. The van der Waals surface area contributed by atoms with Crippen molar-refractivity contribution in [3.63, 3.8) is 0 Å². The molecule has 1 aromatic heterocycles. The molecular formula is C16H23N7O2. The van der Waals surface area contributed by atoms with Crippen molar-refractivity contribution in [2.45, 2.75) is 25.7 Å². The SMILES string of the molecule is NCCCCCCNc1ccc(-c2cnc(N)nc2N)cc1[N+](=O)[O-]. The molecule has 9 nitrogen and oxygen atoms in total. The molecular weight excluding hydrogens is 322 g/mol. The number of nitrogen functional groups attached to an aromatic ring is 2. The van der Waals surface area contributed by atoms with E-state index in [0.717, 1.165) is 25.7 Å². The van der Waals surface area contributed by atoms with Crippen molar-refractivity contribution in [2.24, 2.45) is 5.73 Å². The van der Waals surface area contributed by atoms with Crippen molar-refractivity contribution in [1.82, 2.24) is 9.97 Å². The third-order valence-corrected chi connectivity index (χ3v) is 3.79. The molecule has 9 heteroatoms. The minimum atomic E-state index is -0.422. The predicted octanol–water partition coefficient (Wildman–Crippen LogP) is 2.15. The third-order valence-electron chi connectivity index (χ3n) is 3.79. The molecule has 0 aliphatic rings. The highest BCUT2D eigenvalue weighted by Crippen LogP contribution is 2.32. The molecule has 25 heavy (non-hydrogen) atoms. The van der Waals surface area contributed by atoms with Gasteiger partial charge in [0.15, 0.2) is 0 Å². The van der Waals surface area contributed by atoms with E-state index in [4.69, 9.17) is 17.2 Å². The van der Waals surface area contributed by atoms with Crippen LogP contribution in [0.4, 0.5) is 23.1 Å². The second-order valence-corrected chi connectivity index (χ2v) is 5.65. The van der Waals surface area contributed by atoms with Crippen molar-refractivity contribution in [2.75, 3.05) is 29.9 Å². The van der Waals surface area contributed by atoms with Crippen molar-refractivity contribution >= 4 is 23.1 Å².